The number of amides is 1. The summed E-state index contributed by atoms with van der Waals surface area (Å²) in [6.45, 7) is 5.20. The van der Waals surface area contributed by atoms with Crippen LogP contribution in [0.4, 0.5) is 13.2 Å². The standard InChI is InChI=1S/C15H20F3N3OS.ClH/c16-15(17,18)12-2-1-3-13(10-12)23-11-14(22)20-6-9-21-7-4-19-5-8-21;/h1-3,10,19H,4-9,11H2,(H,20,22);1H. The first-order chi connectivity index (χ1) is 10.9. The number of rotatable bonds is 6. The fourth-order valence-corrected chi connectivity index (χ4v) is 3.04. The highest BCUT2D eigenvalue weighted by Gasteiger charge is 2.30. The molecule has 1 aliphatic rings. The Labute approximate surface area is 150 Å². The van der Waals surface area contributed by atoms with Crippen LogP contribution in [-0.2, 0) is 11.0 Å². The van der Waals surface area contributed by atoms with Gasteiger partial charge in [0.2, 0.25) is 5.91 Å². The SMILES string of the molecule is Cl.O=C(CSc1cccc(C(F)(F)F)c1)NCCN1CCNCC1. The van der Waals surface area contributed by atoms with Crippen LogP contribution in [0.5, 0.6) is 0 Å². The molecule has 0 bridgehead atoms. The molecule has 1 heterocycles. The van der Waals surface area contributed by atoms with Crippen LogP contribution in [0.25, 0.3) is 0 Å². The molecule has 1 aromatic carbocycles. The molecule has 0 spiro atoms. The van der Waals surface area contributed by atoms with Crippen molar-refractivity contribution in [2.24, 2.45) is 0 Å². The molecular weight excluding hydrogens is 363 g/mol. The van der Waals surface area contributed by atoms with Crippen LogP contribution in [0.2, 0.25) is 0 Å². The van der Waals surface area contributed by atoms with Gasteiger partial charge in [0.05, 0.1) is 11.3 Å². The highest BCUT2D eigenvalue weighted by molar-refractivity contribution is 8.00. The van der Waals surface area contributed by atoms with E-state index in [-0.39, 0.29) is 24.1 Å². The summed E-state index contributed by atoms with van der Waals surface area (Å²) in [5, 5.41) is 6.06. The first-order valence-corrected chi connectivity index (χ1v) is 8.43. The Morgan fingerprint density at radius 3 is 2.67 bits per heavy atom. The number of thioether (sulfide) groups is 1. The van der Waals surface area contributed by atoms with Crippen molar-refractivity contribution in [2.75, 3.05) is 45.0 Å². The molecule has 1 saturated heterocycles. The lowest BCUT2D eigenvalue weighted by Gasteiger charge is -2.27. The molecule has 0 unspecified atom stereocenters. The zero-order chi connectivity index (χ0) is 16.7. The van der Waals surface area contributed by atoms with Crippen LogP contribution < -0.4 is 10.6 Å². The van der Waals surface area contributed by atoms with E-state index >= 15 is 0 Å². The molecule has 24 heavy (non-hydrogen) atoms. The fourth-order valence-electron chi connectivity index (χ4n) is 2.25. The monoisotopic (exact) mass is 383 g/mol. The third-order valence-corrected chi connectivity index (χ3v) is 4.48. The largest absolute Gasteiger partial charge is 0.416 e. The maximum absolute atomic E-state index is 12.6. The van der Waals surface area contributed by atoms with E-state index in [4.69, 9.17) is 0 Å². The number of halogens is 4. The van der Waals surface area contributed by atoms with Gasteiger partial charge in [0, 0.05) is 44.2 Å². The van der Waals surface area contributed by atoms with E-state index < -0.39 is 11.7 Å². The average Bonchev–Trinajstić information content (AvgIpc) is 2.53. The van der Waals surface area contributed by atoms with Crippen LogP contribution in [0.1, 0.15) is 5.56 Å². The van der Waals surface area contributed by atoms with Crippen LogP contribution >= 0.6 is 24.2 Å². The number of hydrogen-bond acceptors (Lipinski definition) is 4. The zero-order valence-corrected chi connectivity index (χ0v) is 14.7. The van der Waals surface area contributed by atoms with Crippen LogP contribution in [0, 0.1) is 0 Å². The van der Waals surface area contributed by atoms with Crippen molar-refractivity contribution >= 4 is 30.1 Å². The second kappa shape index (κ2) is 10.1. The molecule has 0 saturated carbocycles. The Morgan fingerprint density at radius 1 is 1.29 bits per heavy atom. The van der Waals surface area contributed by atoms with Gasteiger partial charge in [-0.05, 0) is 18.2 Å². The summed E-state index contributed by atoms with van der Waals surface area (Å²) < 4.78 is 37.8. The second-order valence-corrected chi connectivity index (χ2v) is 6.30. The van der Waals surface area contributed by atoms with Crippen molar-refractivity contribution in [1.82, 2.24) is 15.5 Å². The zero-order valence-electron chi connectivity index (χ0n) is 13.1. The Morgan fingerprint density at radius 2 is 2.00 bits per heavy atom. The Balaban J connectivity index is 0.00000288. The molecule has 2 N–H and O–H groups in total. The van der Waals surface area contributed by atoms with Gasteiger partial charge in [-0.2, -0.15) is 13.2 Å². The lowest BCUT2D eigenvalue weighted by atomic mass is 10.2. The molecule has 1 aromatic rings. The number of benzene rings is 1. The molecule has 4 nitrogen and oxygen atoms in total. The number of carbonyl (C=O) groups excluding carboxylic acids is 1. The summed E-state index contributed by atoms with van der Waals surface area (Å²) in [7, 11) is 0. The molecule has 1 aliphatic heterocycles. The van der Waals surface area contributed by atoms with Gasteiger partial charge in [-0.25, -0.2) is 0 Å². The minimum atomic E-state index is -4.36. The number of carbonyl (C=O) groups is 1. The molecule has 0 aliphatic carbocycles. The van der Waals surface area contributed by atoms with Crippen molar-refractivity contribution in [2.45, 2.75) is 11.1 Å². The van der Waals surface area contributed by atoms with Gasteiger partial charge in [0.15, 0.2) is 0 Å². The maximum atomic E-state index is 12.6. The van der Waals surface area contributed by atoms with Gasteiger partial charge in [-0.3, -0.25) is 9.69 Å². The maximum Gasteiger partial charge on any atom is 0.416 e. The van der Waals surface area contributed by atoms with E-state index in [0.717, 1.165) is 56.6 Å². The minimum Gasteiger partial charge on any atom is -0.354 e. The third-order valence-electron chi connectivity index (χ3n) is 3.49. The van der Waals surface area contributed by atoms with Crippen molar-refractivity contribution < 1.29 is 18.0 Å². The number of nitrogens with zero attached hydrogens (tertiary/aromatic N) is 1. The van der Waals surface area contributed by atoms with Crippen molar-refractivity contribution in [3.8, 4) is 0 Å². The summed E-state index contributed by atoms with van der Waals surface area (Å²) in [4.78, 5) is 14.5. The Hall–Kier alpha value is -0.960. The average molecular weight is 384 g/mol. The normalized spacial score (nSPS) is 15.6. The molecule has 9 heteroatoms. The first kappa shape index (κ1) is 21.1. The van der Waals surface area contributed by atoms with Crippen molar-refractivity contribution in [3.05, 3.63) is 29.8 Å². The van der Waals surface area contributed by atoms with Gasteiger partial charge in [-0.1, -0.05) is 6.07 Å². The van der Waals surface area contributed by atoms with Gasteiger partial charge in [0.25, 0.3) is 0 Å². The van der Waals surface area contributed by atoms with Gasteiger partial charge < -0.3 is 10.6 Å². The predicted molar refractivity (Wildman–Crippen MR) is 91.7 cm³/mol. The number of alkyl halides is 3. The highest BCUT2D eigenvalue weighted by Crippen LogP contribution is 2.31. The Kier molecular flexibility index (Phi) is 8.90. The number of nitrogens with one attached hydrogen (secondary N) is 2. The lowest BCUT2D eigenvalue weighted by Crippen LogP contribution is -2.46. The molecule has 0 radical (unpaired) electrons. The molecule has 2 rings (SSSR count). The predicted octanol–water partition coefficient (Wildman–Crippen LogP) is 2.24. The quantitative estimate of drug-likeness (QED) is 0.739. The van der Waals surface area contributed by atoms with Crippen LogP contribution in [0.15, 0.2) is 29.2 Å². The molecule has 1 fully saturated rings. The van der Waals surface area contributed by atoms with Gasteiger partial charge >= 0.3 is 6.18 Å². The van der Waals surface area contributed by atoms with Crippen LogP contribution in [0.3, 0.4) is 0 Å². The van der Waals surface area contributed by atoms with E-state index in [9.17, 15) is 18.0 Å². The number of piperazine rings is 1. The summed E-state index contributed by atoms with van der Waals surface area (Å²) in [6.07, 6.45) is -4.36. The topological polar surface area (TPSA) is 44.4 Å². The Bertz CT molecular complexity index is 525. The summed E-state index contributed by atoms with van der Waals surface area (Å²) in [5.41, 5.74) is -0.693. The molecular formula is C15H21ClF3N3OS. The van der Waals surface area contributed by atoms with Gasteiger partial charge in [-0.15, -0.1) is 24.2 Å². The number of hydrogen-bond donors (Lipinski definition) is 2. The fraction of sp³-hybridized carbons (Fsp3) is 0.533. The highest BCUT2D eigenvalue weighted by atomic mass is 35.5. The van der Waals surface area contributed by atoms with E-state index in [0.29, 0.717) is 11.4 Å². The molecule has 0 aromatic heterocycles. The van der Waals surface area contributed by atoms with Crippen LogP contribution in [-0.4, -0.2) is 55.8 Å². The van der Waals surface area contributed by atoms with Crippen molar-refractivity contribution in [1.29, 1.82) is 0 Å². The van der Waals surface area contributed by atoms with E-state index in [1.54, 1.807) is 6.07 Å². The van der Waals surface area contributed by atoms with Crippen molar-refractivity contribution in [3.63, 3.8) is 0 Å². The van der Waals surface area contributed by atoms with E-state index in [1.165, 1.54) is 6.07 Å². The van der Waals surface area contributed by atoms with E-state index in [2.05, 4.69) is 15.5 Å². The molecule has 0 atom stereocenters. The first-order valence-electron chi connectivity index (χ1n) is 7.45. The summed E-state index contributed by atoms with van der Waals surface area (Å²) >= 11 is 1.11. The van der Waals surface area contributed by atoms with E-state index in [1.807, 2.05) is 0 Å². The van der Waals surface area contributed by atoms with Gasteiger partial charge in [0.1, 0.15) is 0 Å². The molecule has 1 amide bonds. The second-order valence-electron chi connectivity index (χ2n) is 5.26. The smallest absolute Gasteiger partial charge is 0.354 e. The molecule has 136 valence electrons. The third kappa shape index (κ3) is 7.29. The lowest BCUT2D eigenvalue weighted by molar-refractivity contribution is -0.137. The minimum absolute atomic E-state index is 0. The summed E-state index contributed by atoms with van der Waals surface area (Å²) in [6, 6.07) is 5.03. The summed E-state index contributed by atoms with van der Waals surface area (Å²) in [5.74, 6) is -0.0504.